The van der Waals surface area contributed by atoms with Gasteiger partial charge in [-0.1, -0.05) is 20.3 Å². The first-order valence-corrected chi connectivity index (χ1v) is 8.06. The van der Waals surface area contributed by atoms with Gasteiger partial charge in [0.25, 0.3) is 0 Å². The maximum absolute atomic E-state index is 9.29. The lowest BCUT2D eigenvalue weighted by Gasteiger charge is -2.32. The van der Waals surface area contributed by atoms with Crippen LogP contribution in [0.3, 0.4) is 0 Å². The first-order valence-electron chi connectivity index (χ1n) is 8.06. The quantitative estimate of drug-likeness (QED) is 0.769. The van der Waals surface area contributed by atoms with Gasteiger partial charge in [-0.3, -0.25) is 0 Å². The topological polar surface area (TPSA) is 42.2 Å². The first kappa shape index (κ1) is 15.7. The van der Waals surface area contributed by atoms with Crippen LogP contribution in [0.25, 0.3) is 0 Å². The average Bonchev–Trinajstić information content (AvgIpc) is 2.54. The van der Waals surface area contributed by atoms with Crippen molar-refractivity contribution >= 4 is 0 Å². The van der Waals surface area contributed by atoms with Gasteiger partial charge in [-0.25, -0.2) is 0 Å². The third-order valence-electron chi connectivity index (χ3n) is 4.23. The molecule has 3 nitrogen and oxygen atoms in total. The number of rotatable bonds is 6. The predicted octanol–water partition coefficient (Wildman–Crippen LogP) is 4.57. The Morgan fingerprint density at radius 3 is 2.48 bits per heavy atom. The summed E-state index contributed by atoms with van der Waals surface area (Å²) in [6, 6.07) is 10.2. The van der Waals surface area contributed by atoms with E-state index in [0.717, 1.165) is 43.8 Å². The van der Waals surface area contributed by atoms with Gasteiger partial charge in [0.05, 0.1) is 18.6 Å². The lowest BCUT2D eigenvalue weighted by Crippen LogP contribution is -2.33. The minimum absolute atomic E-state index is 0.0174. The average molecular weight is 287 g/mol. The van der Waals surface area contributed by atoms with Crippen LogP contribution in [0.1, 0.15) is 46.0 Å². The Balaban J connectivity index is 1.96. The molecule has 0 aromatic heterocycles. The van der Waals surface area contributed by atoms with Gasteiger partial charge >= 0.3 is 0 Å². The van der Waals surface area contributed by atoms with Crippen LogP contribution in [0.4, 0.5) is 0 Å². The van der Waals surface area contributed by atoms with Crippen LogP contribution in [0.5, 0.6) is 11.5 Å². The van der Waals surface area contributed by atoms with E-state index in [1.807, 2.05) is 24.3 Å². The van der Waals surface area contributed by atoms with Gasteiger partial charge in [0.1, 0.15) is 17.6 Å². The predicted molar refractivity (Wildman–Crippen MR) is 83.4 cm³/mol. The van der Waals surface area contributed by atoms with E-state index >= 15 is 0 Å². The van der Waals surface area contributed by atoms with Gasteiger partial charge in [-0.2, -0.15) is 5.26 Å². The van der Waals surface area contributed by atoms with Crippen LogP contribution in [-0.4, -0.2) is 12.7 Å². The second-order valence-electron chi connectivity index (χ2n) is 5.80. The minimum atomic E-state index is 0.0174. The monoisotopic (exact) mass is 287 g/mol. The molecule has 1 aliphatic carbocycles. The lowest BCUT2D eigenvalue weighted by molar-refractivity contribution is 0.0892. The SMILES string of the molecule is CCCOc1ccc(OC2CC(CC)CCC2C#N)cc1. The Morgan fingerprint density at radius 1 is 1.14 bits per heavy atom. The zero-order valence-electron chi connectivity index (χ0n) is 13.0. The summed E-state index contributed by atoms with van der Waals surface area (Å²) in [6.07, 6.45) is 5.29. The molecule has 0 amide bonds. The molecule has 0 bridgehead atoms. The largest absolute Gasteiger partial charge is 0.494 e. The number of hydrogen-bond acceptors (Lipinski definition) is 3. The third-order valence-corrected chi connectivity index (χ3v) is 4.23. The molecule has 1 fully saturated rings. The Labute approximate surface area is 127 Å². The second-order valence-corrected chi connectivity index (χ2v) is 5.80. The Kier molecular flexibility index (Phi) is 5.92. The van der Waals surface area contributed by atoms with Crippen LogP contribution in [0, 0.1) is 23.2 Å². The number of nitrogens with zero attached hydrogens (tertiary/aromatic N) is 1. The molecule has 1 saturated carbocycles. The van der Waals surface area contributed by atoms with Gasteiger partial charge in [-0.15, -0.1) is 0 Å². The van der Waals surface area contributed by atoms with Crippen molar-refractivity contribution in [1.82, 2.24) is 0 Å². The van der Waals surface area contributed by atoms with E-state index in [0.29, 0.717) is 5.92 Å². The summed E-state index contributed by atoms with van der Waals surface area (Å²) in [7, 11) is 0. The van der Waals surface area contributed by atoms with Crippen molar-refractivity contribution in [2.45, 2.75) is 52.1 Å². The van der Waals surface area contributed by atoms with E-state index in [1.165, 1.54) is 6.42 Å². The normalized spacial score (nSPS) is 25.1. The highest BCUT2D eigenvalue weighted by atomic mass is 16.5. The zero-order chi connectivity index (χ0) is 15.1. The molecule has 114 valence electrons. The van der Waals surface area contributed by atoms with Gasteiger partial charge in [0.2, 0.25) is 0 Å². The van der Waals surface area contributed by atoms with Crippen molar-refractivity contribution in [3.63, 3.8) is 0 Å². The van der Waals surface area contributed by atoms with E-state index in [9.17, 15) is 5.26 Å². The fourth-order valence-electron chi connectivity index (χ4n) is 2.87. The molecule has 2 rings (SSSR count). The van der Waals surface area contributed by atoms with Crippen molar-refractivity contribution in [2.24, 2.45) is 11.8 Å². The molecule has 21 heavy (non-hydrogen) atoms. The van der Waals surface area contributed by atoms with Gasteiger partial charge in [0, 0.05) is 0 Å². The number of hydrogen-bond donors (Lipinski definition) is 0. The van der Waals surface area contributed by atoms with Crippen molar-refractivity contribution in [3.05, 3.63) is 24.3 Å². The molecule has 3 heteroatoms. The zero-order valence-corrected chi connectivity index (χ0v) is 13.0. The van der Waals surface area contributed by atoms with Crippen LogP contribution in [0.15, 0.2) is 24.3 Å². The highest BCUT2D eigenvalue weighted by Gasteiger charge is 2.31. The highest BCUT2D eigenvalue weighted by molar-refractivity contribution is 5.31. The standard InChI is InChI=1S/C18H25NO2/c1-3-11-20-16-7-9-17(10-8-16)21-18-12-14(4-2)5-6-15(18)13-19/h7-10,14-15,18H,3-6,11-12H2,1-2H3. The number of benzene rings is 1. The maximum atomic E-state index is 9.29. The number of nitriles is 1. The van der Waals surface area contributed by atoms with Crippen LogP contribution in [-0.2, 0) is 0 Å². The molecule has 3 unspecified atom stereocenters. The first-order chi connectivity index (χ1) is 10.3. The summed E-state index contributed by atoms with van der Waals surface area (Å²) in [5, 5.41) is 9.29. The fraction of sp³-hybridized carbons (Fsp3) is 0.611. The van der Waals surface area contributed by atoms with Gasteiger partial charge in [-0.05, 0) is 55.9 Å². The van der Waals surface area contributed by atoms with Gasteiger partial charge < -0.3 is 9.47 Å². The van der Waals surface area contributed by atoms with Crippen LogP contribution >= 0.6 is 0 Å². The molecular weight excluding hydrogens is 262 g/mol. The molecule has 0 heterocycles. The molecule has 1 aliphatic rings. The van der Waals surface area contributed by atoms with Crippen LogP contribution in [0.2, 0.25) is 0 Å². The van der Waals surface area contributed by atoms with E-state index < -0.39 is 0 Å². The maximum Gasteiger partial charge on any atom is 0.120 e. The summed E-state index contributed by atoms with van der Waals surface area (Å²) in [5.74, 6) is 2.41. The van der Waals surface area contributed by atoms with E-state index in [1.54, 1.807) is 0 Å². The molecular formula is C18H25NO2. The van der Waals surface area contributed by atoms with Crippen molar-refractivity contribution in [2.75, 3.05) is 6.61 Å². The minimum Gasteiger partial charge on any atom is -0.494 e. The molecule has 1 aromatic rings. The molecule has 0 aliphatic heterocycles. The Hall–Kier alpha value is -1.69. The smallest absolute Gasteiger partial charge is 0.120 e. The van der Waals surface area contributed by atoms with Crippen LogP contribution < -0.4 is 9.47 Å². The van der Waals surface area contributed by atoms with Crippen molar-refractivity contribution in [1.29, 1.82) is 5.26 Å². The van der Waals surface area contributed by atoms with E-state index in [4.69, 9.17) is 9.47 Å². The molecule has 0 N–H and O–H groups in total. The molecule has 3 atom stereocenters. The molecule has 1 aromatic carbocycles. The highest BCUT2D eigenvalue weighted by Crippen LogP contribution is 2.33. The summed E-state index contributed by atoms with van der Waals surface area (Å²) in [5.41, 5.74) is 0. The Morgan fingerprint density at radius 2 is 1.86 bits per heavy atom. The lowest BCUT2D eigenvalue weighted by atomic mass is 9.79. The third kappa shape index (κ3) is 4.39. The fourth-order valence-corrected chi connectivity index (χ4v) is 2.87. The molecule has 0 saturated heterocycles. The summed E-state index contributed by atoms with van der Waals surface area (Å²) >= 11 is 0. The molecule has 0 radical (unpaired) electrons. The summed E-state index contributed by atoms with van der Waals surface area (Å²) in [6.45, 7) is 5.04. The Bertz CT molecular complexity index is 463. The summed E-state index contributed by atoms with van der Waals surface area (Å²) < 4.78 is 11.6. The van der Waals surface area contributed by atoms with Gasteiger partial charge in [0.15, 0.2) is 0 Å². The van der Waals surface area contributed by atoms with E-state index in [2.05, 4.69) is 19.9 Å². The van der Waals surface area contributed by atoms with Crippen molar-refractivity contribution in [3.8, 4) is 17.6 Å². The van der Waals surface area contributed by atoms with Crippen molar-refractivity contribution < 1.29 is 9.47 Å². The molecule has 0 spiro atoms. The number of ether oxygens (including phenoxy) is 2. The van der Waals surface area contributed by atoms with E-state index in [-0.39, 0.29) is 12.0 Å². The summed E-state index contributed by atoms with van der Waals surface area (Å²) in [4.78, 5) is 0. The second kappa shape index (κ2) is 7.93.